The third-order valence-electron chi connectivity index (χ3n) is 1.40. The van der Waals surface area contributed by atoms with Gasteiger partial charge in [-0.2, -0.15) is 5.26 Å². The minimum absolute atomic E-state index is 0.175. The number of benzene rings is 1. The number of ether oxygens (including phenoxy) is 2. The van der Waals surface area contributed by atoms with Crippen molar-refractivity contribution in [3.63, 3.8) is 0 Å². The van der Waals surface area contributed by atoms with Crippen molar-refractivity contribution < 1.29 is 14.3 Å². The summed E-state index contributed by atoms with van der Waals surface area (Å²) in [6.07, 6.45) is 0. The van der Waals surface area contributed by atoms with Crippen molar-refractivity contribution in [2.45, 2.75) is 0 Å². The summed E-state index contributed by atoms with van der Waals surface area (Å²) < 4.78 is 9.57. The van der Waals surface area contributed by atoms with Gasteiger partial charge in [0.2, 0.25) is 0 Å². The van der Waals surface area contributed by atoms with Gasteiger partial charge in [-0.1, -0.05) is 18.2 Å². The molecule has 0 saturated carbocycles. The van der Waals surface area contributed by atoms with Crippen molar-refractivity contribution in [3.8, 4) is 11.8 Å². The number of carbonyl (C=O) groups is 1. The molecule has 0 aliphatic carbocycles. The third kappa shape index (κ3) is 3.59. The SMILES string of the molecule is N#CCOC(=O)COc1ccccc1. The average Bonchev–Trinajstić information content (AvgIpc) is 2.25. The molecule has 0 aromatic heterocycles. The van der Waals surface area contributed by atoms with Crippen LogP contribution in [0.1, 0.15) is 0 Å². The number of nitrogens with zero attached hydrogens (tertiary/aromatic N) is 1. The Morgan fingerprint density at radius 3 is 2.71 bits per heavy atom. The molecule has 4 heteroatoms. The molecule has 1 rings (SSSR count). The van der Waals surface area contributed by atoms with Crippen molar-refractivity contribution in [2.24, 2.45) is 0 Å². The van der Waals surface area contributed by atoms with Crippen LogP contribution in [0.4, 0.5) is 0 Å². The van der Waals surface area contributed by atoms with Crippen LogP contribution in [0.25, 0.3) is 0 Å². The summed E-state index contributed by atoms with van der Waals surface area (Å²) in [5.74, 6) is 0.0526. The van der Waals surface area contributed by atoms with Crippen LogP contribution in [0.15, 0.2) is 30.3 Å². The van der Waals surface area contributed by atoms with Crippen LogP contribution >= 0.6 is 0 Å². The van der Waals surface area contributed by atoms with E-state index in [2.05, 4.69) is 4.74 Å². The van der Waals surface area contributed by atoms with E-state index in [-0.39, 0.29) is 13.2 Å². The molecule has 1 aromatic carbocycles. The second-order valence-electron chi connectivity index (χ2n) is 2.42. The van der Waals surface area contributed by atoms with Crippen LogP contribution < -0.4 is 4.74 Å². The van der Waals surface area contributed by atoms with Crippen LogP contribution in [0.2, 0.25) is 0 Å². The monoisotopic (exact) mass is 191 g/mol. The molecule has 4 nitrogen and oxygen atoms in total. The van der Waals surface area contributed by atoms with E-state index in [0.717, 1.165) is 0 Å². The van der Waals surface area contributed by atoms with Crippen LogP contribution in [-0.2, 0) is 9.53 Å². The van der Waals surface area contributed by atoms with E-state index in [1.165, 1.54) is 0 Å². The first-order valence-corrected chi connectivity index (χ1v) is 4.03. The highest BCUT2D eigenvalue weighted by molar-refractivity contribution is 5.71. The quantitative estimate of drug-likeness (QED) is 0.669. The fourth-order valence-corrected chi connectivity index (χ4v) is 0.813. The van der Waals surface area contributed by atoms with Gasteiger partial charge in [0.15, 0.2) is 13.2 Å². The first-order valence-electron chi connectivity index (χ1n) is 4.03. The highest BCUT2D eigenvalue weighted by Crippen LogP contribution is 2.07. The Morgan fingerprint density at radius 2 is 2.07 bits per heavy atom. The van der Waals surface area contributed by atoms with Crippen molar-refractivity contribution in [1.82, 2.24) is 0 Å². The molecule has 0 saturated heterocycles. The Morgan fingerprint density at radius 1 is 1.36 bits per heavy atom. The molecule has 0 unspecified atom stereocenters. The number of para-hydroxylation sites is 1. The Hall–Kier alpha value is -2.02. The van der Waals surface area contributed by atoms with Crippen molar-refractivity contribution >= 4 is 5.97 Å². The maximum Gasteiger partial charge on any atom is 0.345 e. The molecule has 0 heterocycles. The van der Waals surface area contributed by atoms with E-state index < -0.39 is 5.97 Å². The molecule has 14 heavy (non-hydrogen) atoms. The second-order valence-corrected chi connectivity index (χ2v) is 2.42. The van der Waals surface area contributed by atoms with Gasteiger partial charge in [-0.15, -0.1) is 0 Å². The highest BCUT2D eigenvalue weighted by atomic mass is 16.6. The lowest BCUT2D eigenvalue weighted by Crippen LogP contribution is -2.14. The molecule has 0 radical (unpaired) electrons. The summed E-state index contributed by atoms with van der Waals surface area (Å²) in [6.45, 7) is -0.414. The molecular formula is C10H9NO3. The first kappa shape index (κ1) is 10.1. The number of hydrogen-bond acceptors (Lipinski definition) is 4. The van der Waals surface area contributed by atoms with E-state index in [1.807, 2.05) is 6.07 Å². The zero-order chi connectivity index (χ0) is 10.2. The maximum absolute atomic E-state index is 10.9. The Kier molecular flexibility index (Phi) is 4.02. The fraction of sp³-hybridized carbons (Fsp3) is 0.200. The maximum atomic E-state index is 10.9. The number of rotatable bonds is 4. The van der Waals surface area contributed by atoms with E-state index >= 15 is 0 Å². The standard InChI is InChI=1S/C10H9NO3/c11-6-7-13-10(12)8-14-9-4-2-1-3-5-9/h1-5H,7-8H2. The summed E-state index contributed by atoms with van der Waals surface area (Å²) in [4.78, 5) is 10.9. The van der Waals surface area contributed by atoms with Crippen molar-refractivity contribution in [2.75, 3.05) is 13.2 Å². The number of nitriles is 1. The number of esters is 1. The van der Waals surface area contributed by atoms with Gasteiger partial charge in [0.1, 0.15) is 11.8 Å². The molecule has 0 N–H and O–H groups in total. The Bertz CT molecular complexity index is 329. The third-order valence-corrected chi connectivity index (χ3v) is 1.40. The van der Waals surface area contributed by atoms with Crippen LogP contribution in [0, 0.1) is 11.3 Å². The zero-order valence-corrected chi connectivity index (χ0v) is 7.47. The molecule has 72 valence electrons. The first-order chi connectivity index (χ1) is 6.83. The Labute approximate surface area is 81.7 Å². The fourth-order valence-electron chi connectivity index (χ4n) is 0.813. The summed E-state index contributed by atoms with van der Waals surface area (Å²) in [7, 11) is 0. The number of carbonyl (C=O) groups excluding carboxylic acids is 1. The van der Waals surface area contributed by atoms with Crippen molar-refractivity contribution in [1.29, 1.82) is 5.26 Å². The summed E-state index contributed by atoms with van der Waals surface area (Å²) in [6, 6.07) is 10.6. The molecule has 1 aromatic rings. The van der Waals surface area contributed by atoms with Gasteiger partial charge in [0, 0.05) is 0 Å². The lowest BCUT2D eigenvalue weighted by Gasteiger charge is -2.03. The van der Waals surface area contributed by atoms with Gasteiger partial charge >= 0.3 is 5.97 Å². The summed E-state index contributed by atoms with van der Waals surface area (Å²) >= 11 is 0. The molecule has 0 atom stereocenters. The molecular weight excluding hydrogens is 182 g/mol. The van der Waals surface area contributed by atoms with E-state index in [0.29, 0.717) is 5.75 Å². The second kappa shape index (κ2) is 5.60. The molecule has 0 bridgehead atoms. The number of hydrogen-bond donors (Lipinski definition) is 0. The van der Waals surface area contributed by atoms with Gasteiger partial charge in [-0.05, 0) is 12.1 Å². The minimum Gasteiger partial charge on any atom is -0.482 e. The molecule has 0 fully saturated rings. The van der Waals surface area contributed by atoms with Gasteiger partial charge in [0.05, 0.1) is 0 Å². The molecule has 0 spiro atoms. The van der Waals surface area contributed by atoms with E-state index in [4.69, 9.17) is 10.00 Å². The van der Waals surface area contributed by atoms with E-state index in [1.54, 1.807) is 30.3 Å². The topological polar surface area (TPSA) is 59.3 Å². The highest BCUT2D eigenvalue weighted by Gasteiger charge is 2.02. The normalized spacial score (nSPS) is 8.79. The zero-order valence-electron chi connectivity index (χ0n) is 7.47. The van der Waals surface area contributed by atoms with Crippen LogP contribution in [-0.4, -0.2) is 19.2 Å². The van der Waals surface area contributed by atoms with Crippen LogP contribution in [0.5, 0.6) is 5.75 Å². The van der Waals surface area contributed by atoms with Crippen molar-refractivity contribution in [3.05, 3.63) is 30.3 Å². The lowest BCUT2D eigenvalue weighted by atomic mass is 10.3. The van der Waals surface area contributed by atoms with Gasteiger partial charge in [-0.3, -0.25) is 0 Å². The van der Waals surface area contributed by atoms with Crippen LogP contribution in [0.3, 0.4) is 0 Å². The molecule has 0 aliphatic heterocycles. The Balaban J connectivity index is 2.28. The molecule has 0 aliphatic rings. The smallest absolute Gasteiger partial charge is 0.345 e. The largest absolute Gasteiger partial charge is 0.482 e. The summed E-state index contributed by atoms with van der Waals surface area (Å²) in [5, 5.41) is 8.13. The van der Waals surface area contributed by atoms with Gasteiger partial charge in [0.25, 0.3) is 0 Å². The predicted octanol–water partition coefficient (Wildman–Crippen LogP) is 1.13. The van der Waals surface area contributed by atoms with Gasteiger partial charge < -0.3 is 9.47 Å². The lowest BCUT2D eigenvalue weighted by molar-refractivity contribution is -0.144. The molecule has 0 amide bonds. The predicted molar refractivity (Wildman–Crippen MR) is 48.5 cm³/mol. The van der Waals surface area contributed by atoms with E-state index in [9.17, 15) is 4.79 Å². The average molecular weight is 191 g/mol. The van der Waals surface area contributed by atoms with Gasteiger partial charge in [-0.25, -0.2) is 4.79 Å². The minimum atomic E-state index is -0.546. The summed E-state index contributed by atoms with van der Waals surface area (Å²) in [5.41, 5.74) is 0.